The summed E-state index contributed by atoms with van der Waals surface area (Å²) in [6.07, 6.45) is 1.54. The zero-order chi connectivity index (χ0) is 23.2. The van der Waals surface area contributed by atoms with Crippen LogP contribution in [0.1, 0.15) is 40.6 Å². The lowest BCUT2D eigenvalue weighted by Crippen LogP contribution is -2.42. The predicted molar refractivity (Wildman–Crippen MR) is 123 cm³/mol. The van der Waals surface area contributed by atoms with Crippen molar-refractivity contribution in [1.29, 1.82) is 0 Å². The molecule has 0 aliphatic carbocycles. The van der Waals surface area contributed by atoms with E-state index in [2.05, 4.69) is 0 Å². The van der Waals surface area contributed by atoms with Crippen LogP contribution in [-0.4, -0.2) is 41.4 Å². The highest BCUT2D eigenvalue weighted by atomic mass is 19.1. The molecule has 1 fully saturated rings. The number of carbonyl (C=O) groups excluding carboxylic acids is 2. The van der Waals surface area contributed by atoms with E-state index >= 15 is 0 Å². The molecule has 1 aromatic heterocycles. The number of pyridine rings is 1. The summed E-state index contributed by atoms with van der Waals surface area (Å²) in [6.45, 7) is 1.43. The lowest BCUT2D eigenvalue weighted by atomic mass is 10.1. The maximum atomic E-state index is 13.0. The van der Waals surface area contributed by atoms with Gasteiger partial charge in [0.2, 0.25) is 11.8 Å². The molecule has 2 N–H and O–H groups in total. The van der Waals surface area contributed by atoms with E-state index < -0.39 is 5.91 Å². The third kappa shape index (κ3) is 5.81. The fraction of sp³-hybridized carbons (Fsp3) is 0.269. The van der Waals surface area contributed by atoms with Gasteiger partial charge in [0.05, 0.1) is 24.5 Å². The first-order chi connectivity index (χ1) is 16.0. The van der Waals surface area contributed by atoms with Crippen LogP contribution in [-0.2, 0) is 16.0 Å². The summed E-state index contributed by atoms with van der Waals surface area (Å²) in [7, 11) is 0. The molecular weight excluding hydrogens is 421 g/mol. The van der Waals surface area contributed by atoms with Gasteiger partial charge in [-0.2, -0.15) is 0 Å². The highest BCUT2D eigenvalue weighted by Gasteiger charge is 2.26. The largest absolute Gasteiger partial charge is 0.368 e. The Morgan fingerprint density at radius 2 is 1.88 bits per heavy atom. The number of benzene rings is 2. The van der Waals surface area contributed by atoms with Crippen LogP contribution in [0.15, 0.2) is 66.7 Å². The minimum atomic E-state index is -0.489. The van der Waals surface area contributed by atoms with Crippen LogP contribution in [0, 0.1) is 5.82 Å². The molecule has 6 nitrogen and oxygen atoms in total. The Morgan fingerprint density at radius 1 is 1.09 bits per heavy atom. The predicted octanol–water partition coefficient (Wildman–Crippen LogP) is 3.91. The number of carbonyl (C=O) groups is 2. The maximum Gasteiger partial charge on any atom is 0.248 e. The van der Waals surface area contributed by atoms with E-state index in [9.17, 15) is 14.0 Å². The third-order valence-electron chi connectivity index (χ3n) is 5.73. The standard InChI is InChI=1S/C26H26FN3O3/c27-21-12-10-18(11-13-21)4-1-9-25(31)30-14-15-33-24(17-30)23-8-3-7-22(29-23)19-5-2-6-20(16-19)26(28)32/h2-3,5-8,10-13,16,24H,1,4,9,14-15,17H2,(H2,28,32). The first-order valence-electron chi connectivity index (χ1n) is 11.0. The van der Waals surface area contributed by atoms with Gasteiger partial charge in [-0.25, -0.2) is 9.37 Å². The number of hydrogen-bond acceptors (Lipinski definition) is 4. The Morgan fingerprint density at radius 3 is 2.67 bits per heavy atom. The maximum absolute atomic E-state index is 13.0. The number of nitrogens with two attached hydrogens (primary N) is 1. The number of halogens is 1. The first kappa shape index (κ1) is 22.6. The molecule has 170 valence electrons. The fourth-order valence-corrected chi connectivity index (χ4v) is 3.93. The molecule has 1 unspecified atom stereocenters. The SMILES string of the molecule is NC(=O)c1cccc(-c2cccc(C3CN(C(=O)CCCc4ccc(F)cc4)CCO3)n2)c1. The van der Waals surface area contributed by atoms with Gasteiger partial charge in [0.15, 0.2) is 0 Å². The van der Waals surface area contributed by atoms with Crippen molar-refractivity contribution in [2.24, 2.45) is 5.73 Å². The summed E-state index contributed by atoms with van der Waals surface area (Å²) in [5.74, 6) is -0.666. The zero-order valence-corrected chi connectivity index (χ0v) is 18.2. The number of aryl methyl sites for hydroxylation is 1. The van der Waals surface area contributed by atoms with Crippen molar-refractivity contribution in [3.05, 3.63) is 89.4 Å². The summed E-state index contributed by atoms with van der Waals surface area (Å²) in [6, 6.07) is 19.0. The van der Waals surface area contributed by atoms with Gasteiger partial charge >= 0.3 is 0 Å². The third-order valence-corrected chi connectivity index (χ3v) is 5.73. The van der Waals surface area contributed by atoms with E-state index in [1.807, 2.05) is 29.2 Å². The average molecular weight is 448 g/mol. The van der Waals surface area contributed by atoms with Crippen LogP contribution >= 0.6 is 0 Å². The van der Waals surface area contributed by atoms with Gasteiger partial charge in [-0.3, -0.25) is 9.59 Å². The van der Waals surface area contributed by atoms with Crippen molar-refractivity contribution >= 4 is 11.8 Å². The molecule has 0 radical (unpaired) electrons. The average Bonchev–Trinajstić information content (AvgIpc) is 2.85. The summed E-state index contributed by atoms with van der Waals surface area (Å²) < 4.78 is 18.9. The van der Waals surface area contributed by atoms with Gasteiger partial charge in [0.25, 0.3) is 0 Å². The molecule has 33 heavy (non-hydrogen) atoms. The highest BCUT2D eigenvalue weighted by Crippen LogP contribution is 2.25. The Balaban J connectivity index is 1.38. The Kier molecular flexibility index (Phi) is 7.10. The van der Waals surface area contributed by atoms with Crippen LogP contribution in [0.25, 0.3) is 11.3 Å². The second-order valence-electron chi connectivity index (χ2n) is 8.07. The normalized spacial score (nSPS) is 15.9. The van der Waals surface area contributed by atoms with E-state index in [1.165, 1.54) is 12.1 Å². The Hall–Kier alpha value is -3.58. The number of primary amides is 1. The van der Waals surface area contributed by atoms with E-state index in [-0.39, 0.29) is 17.8 Å². The zero-order valence-electron chi connectivity index (χ0n) is 18.2. The molecule has 1 atom stereocenters. The van der Waals surface area contributed by atoms with Gasteiger partial charge in [-0.1, -0.05) is 30.3 Å². The number of morpholine rings is 1. The topological polar surface area (TPSA) is 85.5 Å². The van der Waals surface area contributed by atoms with Gasteiger partial charge < -0.3 is 15.4 Å². The fourth-order valence-electron chi connectivity index (χ4n) is 3.93. The summed E-state index contributed by atoms with van der Waals surface area (Å²) in [4.78, 5) is 30.8. The van der Waals surface area contributed by atoms with E-state index in [0.29, 0.717) is 43.8 Å². The summed E-state index contributed by atoms with van der Waals surface area (Å²) in [5, 5.41) is 0. The molecule has 0 spiro atoms. The Bertz CT molecular complexity index is 1130. The van der Waals surface area contributed by atoms with E-state index in [4.69, 9.17) is 15.5 Å². The van der Waals surface area contributed by atoms with Crippen LogP contribution in [0.2, 0.25) is 0 Å². The molecule has 3 aromatic rings. The number of amides is 2. The van der Waals surface area contributed by atoms with Crippen molar-refractivity contribution in [3.8, 4) is 11.3 Å². The molecule has 0 saturated carbocycles. The molecule has 2 heterocycles. The number of ether oxygens (including phenoxy) is 1. The van der Waals surface area contributed by atoms with Crippen molar-refractivity contribution in [3.63, 3.8) is 0 Å². The second-order valence-corrected chi connectivity index (χ2v) is 8.07. The number of hydrogen-bond donors (Lipinski definition) is 1. The van der Waals surface area contributed by atoms with Gasteiger partial charge in [-0.05, 0) is 54.8 Å². The van der Waals surface area contributed by atoms with Crippen molar-refractivity contribution in [1.82, 2.24) is 9.88 Å². The summed E-state index contributed by atoms with van der Waals surface area (Å²) >= 11 is 0. The van der Waals surface area contributed by atoms with Crippen molar-refractivity contribution < 1.29 is 18.7 Å². The smallest absolute Gasteiger partial charge is 0.248 e. The number of aromatic nitrogens is 1. The lowest BCUT2D eigenvalue weighted by Gasteiger charge is -2.33. The number of nitrogens with zero attached hydrogens (tertiary/aromatic N) is 2. The van der Waals surface area contributed by atoms with E-state index in [1.54, 1.807) is 30.3 Å². The Labute approximate surface area is 192 Å². The van der Waals surface area contributed by atoms with E-state index in [0.717, 1.165) is 23.2 Å². The minimum absolute atomic E-state index is 0.0794. The van der Waals surface area contributed by atoms with Gasteiger partial charge in [0.1, 0.15) is 11.9 Å². The monoisotopic (exact) mass is 447 g/mol. The van der Waals surface area contributed by atoms with Crippen LogP contribution in [0.3, 0.4) is 0 Å². The first-order valence-corrected chi connectivity index (χ1v) is 11.0. The van der Waals surface area contributed by atoms with Gasteiger partial charge in [0, 0.05) is 24.1 Å². The van der Waals surface area contributed by atoms with Crippen LogP contribution in [0.4, 0.5) is 4.39 Å². The molecule has 1 saturated heterocycles. The molecule has 2 amide bonds. The highest BCUT2D eigenvalue weighted by molar-refractivity contribution is 5.94. The second kappa shape index (κ2) is 10.4. The lowest BCUT2D eigenvalue weighted by molar-refractivity contribution is -0.139. The molecule has 1 aliphatic rings. The molecule has 1 aliphatic heterocycles. The van der Waals surface area contributed by atoms with Crippen molar-refractivity contribution in [2.75, 3.05) is 19.7 Å². The summed E-state index contributed by atoms with van der Waals surface area (Å²) in [5.41, 5.74) is 9.07. The molecule has 0 bridgehead atoms. The number of rotatable bonds is 7. The van der Waals surface area contributed by atoms with Crippen LogP contribution in [0.5, 0.6) is 0 Å². The van der Waals surface area contributed by atoms with Gasteiger partial charge in [-0.15, -0.1) is 0 Å². The molecule has 7 heteroatoms. The molecule has 4 rings (SSSR count). The molecular formula is C26H26FN3O3. The molecule has 2 aromatic carbocycles. The quantitative estimate of drug-likeness (QED) is 0.595. The minimum Gasteiger partial charge on any atom is -0.368 e. The van der Waals surface area contributed by atoms with Crippen molar-refractivity contribution in [2.45, 2.75) is 25.4 Å². The van der Waals surface area contributed by atoms with Crippen LogP contribution < -0.4 is 5.73 Å².